The Balaban J connectivity index is 1.47. The molecule has 0 unspecified atom stereocenters. The Kier molecular flexibility index (Phi) is 5.06. The molecule has 0 spiro atoms. The van der Waals surface area contributed by atoms with Gasteiger partial charge in [-0.25, -0.2) is 14.6 Å². The third-order valence-corrected chi connectivity index (χ3v) is 4.82. The fourth-order valence-electron chi connectivity index (χ4n) is 2.59. The maximum absolute atomic E-state index is 12.2. The average Bonchev–Trinajstić information content (AvgIpc) is 3.11. The van der Waals surface area contributed by atoms with E-state index in [-0.39, 0.29) is 11.7 Å². The predicted molar refractivity (Wildman–Crippen MR) is 104 cm³/mol. The fourth-order valence-corrected chi connectivity index (χ4v) is 3.32. The van der Waals surface area contributed by atoms with Crippen LogP contribution < -0.4 is 5.32 Å². The zero-order valence-electron chi connectivity index (χ0n) is 14.3. The van der Waals surface area contributed by atoms with Crippen molar-refractivity contribution in [3.63, 3.8) is 0 Å². The minimum absolute atomic E-state index is 0.102. The SMILES string of the molecule is O=C(CSc1ncnc2c1nnn2Cc1ccccc1)Nc1ccccc1. The monoisotopic (exact) mass is 376 g/mol. The number of amides is 1. The number of fused-ring (bicyclic) bond motifs is 1. The molecule has 0 bridgehead atoms. The van der Waals surface area contributed by atoms with Crippen LogP contribution in [0.15, 0.2) is 72.0 Å². The summed E-state index contributed by atoms with van der Waals surface area (Å²) in [6, 6.07) is 19.3. The molecular formula is C19H16N6OS. The highest BCUT2D eigenvalue weighted by molar-refractivity contribution is 8.00. The minimum Gasteiger partial charge on any atom is -0.325 e. The third kappa shape index (κ3) is 4.12. The zero-order chi connectivity index (χ0) is 18.5. The van der Waals surface area contributed by atoms with Gasteiger partial charge in [0.1, 0.15) is 11.4 Å². The van der Waals surface area contributed by atoms with E-state index >= 15 is 0 Å². The van der Waals surface area contributed by atoms with E-state index in [9.17, 15) is 4.79 Å². The molecule has 2 heterocycles. The molecule has 2 aromatic heterocycles. The lowest BCUT2D eigenvalue weighted by Gasteiger charge is -2.05. The fraction of sp³-hybridized carbons (Fsp3) is 0.105. The van der Waals surface area contributed by atoms with Gasteiger partial charge in [0, 0.05) is 5.69 Å². The van der Waals surface area contributed by atoms with Crippen LogP contribution in [0.4, 0.5) is 5.69 Å². The number of aromatic nitrogens is 5. The van der Waals surface area contributed by atoms with Gasteiger partial charge in [-0.05, 0) is 17.7 Å². The summed E-state index contributed by atoms with van der Waals surface area (Å²) in [5, 5.41) is 11.9. The minimum atomic E-state index is -0.102. The van der Waals surface area contributed by atoms with Crippen molar-refractivity contribution in [1.29, 1.82) is 0 Å². The molecule has 0 saturated carbocycles. The van der Waals surface area contributed by atoms with Gasteiger partial charge in [-0.1, -0.05) is 65.5 Å². The largest absolute Gasteiger partial charge is 0.325 e. The average molecular weight is 376 g/mol. The number of benzene rings is 2. The van der Waals surface area contributed by atoms with E-state index in [0.29, 0.717) is 22.7 Å². The van der Waals surface area contributed by atoms with E-state index in [0.717, 1.165) is 11.3 Å². The second-order valence-electron chi connectivity index (χ2n) is 5.79. The Hall–Kier alpha value is -3.26. The van der Waals surface area contributed by atoms with Gasteiger partial charge in [-0.3, -0.25) is 4.79 Å². The molecule has 134 valence electrons. The van der Waals surface area contributed by atoms with Crippen LogP contribution in [0.3, 0.4) is 0 Å². The highest BCUT2D eigenvalue weighted by Crippen LogP contribution is 2.23. The van der Waals surface area contributed by atoms with Crippen LogP contribution in [-0.2, 0) is 11.3 Å². The van der Waals surface area contributed by atoms with Gasteiger partial charge in [0.25, 0.3) is 0 Å². The molecular weight excluding hydrogens is 360 g/mol. The summed E-state index contributed by atoms with van der Waals surface area (Å²) in [5.41, 5.74) is 3.13. The number of nitrogens with one attached hydrogen (secondary N) is 1. The topological polar surface area (TPSA) is 85.6 Å². The van der Waals surface area contributed by atoms with Crippen molar-refractivity contribution in [3.05, 3.63) is 72.6 Å². The summed E-state index contributed by atoms with van der Waals surface area (Å²) in [5.74, 6) is 0.127. The lowest BCUT2D eigenvalue weighted by molar-refractivity contribution is -0.113. The molecule has 0 radical (unpaired) electrons. The number of anilines is 1. The number of rotatable bonds is 6. The highest BCUT2D eigenvalue weighted by Gasteiger charge is 2.14. The lowest BCUT2D eigenvalue weighted by atomic mass is 10.2. The maximum atomic E-state index is 12.2. The van der Waals surface area contributed by atoms with Crippen LogP contribution in [-0.4, -0.2) is 36.6 Å². The highest BCUT2D eigenvalue weighted by atomic mass is 32.2. The maximum Gasteiger partial charge on any atom is 0.234 e. The third-order valence-electron chi connectivity index (χ3n) is 3.84. The number of carbonyl (C=O) groups is 1. The van der Waals surface area contributed by atoms with E-state index in [4.69, 9.17) is 0 Å². The van der Waals surface area contributed by atoms with Gasteiger partial charge in [0.05, 0.1) is 12.3 Å². The summed E-state index contributed by atoms with van der Waals surface area (Å²) in [6.07, 6.45) is 1.48. The predicted octanol–water partition coefficient (Wildman–Crippen LogP) is 3.00. The van der Waals surface area contributed by atoms with Gasteiger partial charge in [-0.15, -0.1) is 5.10 Å². The summed E-state index contributed by atoms with van der Waals surface area (Å²) >= 11 is 1.32. The number of hydrogen-bond donors (Lipinski definition) is 1. The number of para-hydroxylation sites is 1. The standard InChI is InChI=1S/C19H16N6OS/c26-16(22-15-9-5-2-6-10-15)12-27-19-17-18(20-13-21-19)25(24-23-17)11-14-7-3-1-4-8-14/h1-10,13H,11-12H2,(H,22,26). The van der Waals surface area contributed by atoms with Crippen LogP contribution in [0.25, 0.3) is 11.2 Å². The Morgan fingerprint density at radius 1 is 1.00 bits per heavy atom. The first-order valence-electron chi connectivity index (χ1n) is 8.35. The van der Waals surface area contributed by atoms with Crippen molar-refractivity contribution in [2.75, 3.05) is 11.1 Å². The number of carbonyl (C=O) groups excluding carboxylic acids is 1. The van der Waals surface area contributed by atoms with Crippen LogP contribution in [0.1, 0.15) is 5.56 Å². The number of thioether (sulfide) groups is 1. The molecule has 2 aromatic carbocycles. The van der Waals surface area contributed by atoms with E-state index in [1.165, 1.54) is 18.1 Å². The molecule has 4 rings (SSSR count). The van der Waals surface area contributed by atoms with Gasteiger partial charge in [-0.2, -0.15) is 0 Å². The first-order valence-corrected chi connectivity index (χ1v) is 9.34. The Bertz CT molecular complexity index is 1050. The molecule has 0 atom stereocenters. The molecule has 0 saturated heterocycles. The quantitative estimate of drug-likeness (QED) is 0.411. The van der Waals surface area contributed by atoms with Gasteiger partial charge >= 0.3 is 0 Å². The van der Waals surface area contributed by atoms with Crippen molar-refractivity contribution in [1.82, 2.24) is 25.0 Å². The van der Waals surface area contributed by atoms with Crippen LogP contribution in [0.5, 0.6) is 0 Å². The van der Waals surface area contributed by atoms with E-state index in [2.05, 4.69) is 25.6 Å². The molecule has 0 aliphatic heterocycles. The van der Waals surface area contributed by atoms with E-state index in [1.807, 2.05) is 60.7 Å². The van der Waals surface area contributed by atoms with E-state index in [1.54, 1.807) is 4.68 Å². The van der Waals surface area contributed by atoms with Crippen LogP contribution >= 0.6 is 11.8 Å². The normalized spacial score (nSPS) is 10.8. The van der Waals surface area contributed by atoms with Crippen molar-refractivity contribution >= 4 is 34.5 Å². The van der Waals surface area contributed by atoms with Gasteiger partial charge in [0.15, 0.2) is 11.2 Å². The molecule has 27 heavy (non-hydrogen) atoms. The summed E-state index contributed by atoms with van der Waals surface area (Å²) in [6.45, 7) is 0.576. The van der Waals surface area contributed by atoms with Crippen molar-refractivity contribution in [2.24, 2.45) is 0 Å². The second-order valence-corrected chi connectivity index (χ2v) is 6.75. The molecule has 1 N–H and O–H groups in total. The summed E-state index contributed by atoms with van der Waals surface area (Å²) < 4.78 is 1.74. The summed E-state index contributed by atoms with van der Waals surface area (Å²) in [7, 11) is 0. The molecule has 0 fully saturated rings. The molecule has 7 nitrogen and oxygen atoms in total. The second kappa shape index (κ2) is 7.96. The first-order chi connectivity index (χ1) is 13.3. The Morgan fingerprint density at radius 2 is 1.74 bits per heavy atom. The molecule has 4 aromatic rings. The zero-order valence-corrected chi connectivity index (χ0v) is 15.1. The smallest absolute Gasteiger partial charge is 0.234 e. The van der Waals surface area contributed by atoms with Crippen molar-refractivity contribution in [2.45, 2.75) is 11.6 Å². The van der Waals surface area contributed by atoms with Crippen LogP contribution in [0, 0.1) is 0 Å². The van der Waals surface area contributed by atoms with Crippen molar-refractivity contribution in [3.8, 4) is 0 Å². The number of nitrogens with zero attached hydrogens (tertiary/aromatic N) is 5. The van der Waals surface area contributed by atoms with Crippen LogP contribution in [0.2, 0.25) is 0 Å². The Labute approximate surface area is 159 Å². The number of hydrogen-bond acceptors (Lipinski definition) is 6. The molecule has 1 amide bonds. The molecule has 8 heteroatoms. The molecule has 0 aliphatic rings. The van der Waals surface area contributed by atoms with Gasteiger partial charge < -0.3 is 5.32 Å². The molecule has 0 aliphatic carbocycles. The Morgan fingerprint density at radius 3 is 2.52 bits per heavy atom. The van der Waals surface area contributed by atoms with Gasteiger partial charge in [0.2, 0.25) is 5.91 Å². The lowest BCUT2D eigenvalue weighted by Crippen LogP contribution is -2.14. The van der Waals surface area contributed by atoms with Crippen molar-refractivity contribution < 1.29 is 4.79 Å². The summed E-state index contributed by atoms with van der Waals surface area (Å²) in [4.78, 5) is 20.7. The first kappa shape index (κ1) is 17.2. The van der Waals surface area contributed by atoms with E-state index < -0.39 is 0 Å².